The summed E-state index contributed by atoms with van der Waals surface area (Å²) in [5.41, 5.74) is 6.38. The molecule has 3 aromatic rings. The lowest BCUT2D eigenvalue weighted by molar-refractivity contribution is 0.310. The van der Waals surface area contributed by atoms with Gasteiger partial charge in [-0.05, 0) is 73.3 Å². The average molecular weight is 394 g/mol. The zero-order chi connectivity index (χ0) is 19.3. The summed E-state index contributed by atoms with van der Waals surface area (Å²) in [5, 5.41) is 1.11. The van der Waals surface area contributed by atoms with Gasteiger partial charge in [0.15, 0.2) is 0 Å². The fourth-order valence-corrected chi connectivity index (χ4v) is 5.31. The van der Waals surface area contributed by atoms with Crippen LogP contribution in [-0.4, -0.2) is 31.9 Å². The van der Waals surface area contributed by atoms with E-state index in [0.29, 0.717) is 10.6 Å². The van der Waals surface area contributed by atoms with Crippen molar-refractivity contribution in [2.75, 3.05) is 18.3 Å². The summed E-state index contributed by atoms with van der Waals surface area (Å²) in [6, 6.07) is 11.1. The normalized spacial score (nSPS) is 16.8. The molecule has 0 spiro atoms. The molecule has 1 aromatic heterocycles. The van der Waals surface area contributed by atoms with Gasteiger partial charge in [-0.3, -0.25) is 4.72 Å². The van der Waals surface area contributed by atoms with Crippen LogP contribution in [0.3, 0.4) is 0 Å². The van der Waals surface area contributed by atoms with Crippen molar-refractivity contribution >= 4 is 32.7 Å². The number of hydrogen-bond donors (Lipinski definition) is 2. The van der Waals surface area contributed by atoms with E-state index >= 15 is 0 Å². The summed E-state index contributed by atoms with van der Waals surface area (Å²) in [6.07, 6.45) is 7.04. The lowest BCUT2D eigenvalue weighted by Crippen LogP contribution is -2.26. The molecule has 2 N–H and O–H groups in total. The van der Waals surface area contributed by atoms with Crippen molar-refractivity contribution < 1.29 is 8.42 Å². The summed E-state index contributed by atoms with van der Waals surface area (Å²) in [6.45, 7) is 1.91. The minimum Gasteiger partial charge on any atom is -0.357 e. The van der Waals surface area contributed by atoms with E-state index in [4.69, 9.17) is 0 Å². The summed E-state index contributed by atoms with van der Waals surface area (Å²) >= 11 is 0. The Morgan fingerprint density at radius 3 is 2.89 bits per heavy atom. The highest BCUT2D eigenvalue weighted by Gasteiger charge is 2.20. The Morgan fingerprint density at radius 1 is 1.11 bits per heavy atom. The molecular weight excluding hydrogens is 370 g/mol. The number of allylic oxidation sites excluding steroid dienone is 1. The van der Waals surface area contributed by atoms with Gasteiger partial charge in [-0.2, -0.15) is 0 Å². The zero-order valence-corrected chi connectivity index (χ0v) is 16.6. The van der Waals surface area contributed by atoms with Crippen molar-refractivity contribution in [1.29, 1.82) is 0 Å². The molecule has 144 valence electrons. The van der Waals surface area contributed by atoms with Crippen LogP contribution in [0.5, 0.6) is 0 Å². The Bertz CT molecular complexity index is 1210. The Balaban J connectivity index is 1.48. The summed E-state index contributed by atoms with van der Waals surface area (Å²) in [5.74, 6) is 0. The van der Waals surface area contributed by atoms with E-state index in [9.17, 15) is 8.42 Å². The molecule has 0 atom stereocenters. The summed E-state index contributed by atoms with van der Waals surface area (Å²) in [7, 11) is -1.52. The standard InChI is InChI=1S/C22H23N3O2S/c1-25-11-10-19-20-13-17(7-9-21(20)23-22(19)14-25)24-28(26,27)18-8-6-15-4-2-3-5-16(15)12-18/h3,5-9,12-13,23-24H,2,4,10-11,14H2,1H3. The molecule has 0 saturated heterocycles. The number of aromatic nitrogens is 1. The highest BCUT2D eigenvalue weighted by molar-refractivity contribution is 7.92. The number of benzene rings is 2. The van der Waals surface area contributed by atoms with E-state index in [1.165, 1.54) is 16.8 Å². The van der Waals surface area contributed by atoms with Gasteiger partial charge >= 0.3 is 0 Å². The molecule has 6 heteroatoms. The molecule has 1 aliphatic heterocycles. The molecule has 28 heavy (non-hydrogen) atoms. The van der Waals surface area contributed by atoms with Crippen LogP contribution in [0.4, 0.5) is 5.69 Å². The number of H-pyrrole nitrogens is 1. The third-order valence-electron chi connectivity index (χ3n) is 5.72. The van der Waals surface area contributed by atoms with Gasteiger partial charge in [0.1, 0.15) is 0 Å². The van der Waals surface area contributed by atoms with Gasteiger partial charge in [0, 0.05) is 35.4 Å². The third-order valence-corrected chi connectivity index (χ3v) is 7.10. The number of likely N-dealkylation sites (N-methyl/N-ethyl adjacent to an activating group) is 1. The Kier molecular flexibility index (Phi) is 4.07. The molecule has 2 heterocycles. The van der Waals surface area contributed by atoms with Crippen LogP contribution in [0.2, 0.25) is 0 Å². The minimum absolute atomic E-state index is 0.301. The van der Waals surface area contributed by atoms with E-state index in [1.807, 2.05) is 30.3 Å². The third kappa shape index (κ3) is 3.02. The van der Waals surface area contributed by atoms with Gasteiger partial charge in [-0.15, -0.1) is 0 Å². The fraction of sp³-hybridized carbons (Fsp3) is 0.273. The SMILES string of the molecule is CN1CCc2c([nH]c3ccc(NS(=O)(=O)c4ccc5c(c4)C=CCC5)cc23)C1. The van der Waals surface area contributed by atoms with E-state index in [0.717, 1.165) is 48.8 Å². The Morgan fingerprint density at radius 2 is 2.00 bits per heavy atom. The first-order valence-electron chi connectivity index (χ1n) is 9.64. The molecule has 5 rings (SSSR count). The van der Waals surface area contributed by atoms with Crippen LogP contribution < -0.4 is 4.72 Å². The number of aromatic amines is 1. The van der Waals surface area contributed by atoms with Crippen molar-refractivity contribution in [3.63, 3.8) is 0 Å². The van der Waals surface area contributed by atoms with Crippen LogP contribution in [0.1, 0.15) is 28.8 Å². The lowest BCUT2D eigenvalue weighted by atomic mass is 9.98. The maximum atomic E-state index is 12.9. The predicted molar refractivity (Wildman–Crippen MR) is 113 cm³/mol. The maximum absolute atomic E-state index is 12.9. The molecule has 0 amide bonds. The molecule has 0 radical (unpaired) electrons. The van der Waals surface area contributed by atoms with Gasteiger partial charge < -0.3 is 9.88 Å². The smallest absolute Gasteiger partial charge is 0.261 e. The van der Waals surface area contributed by atoms with Crippen molar-refractivity contribution in [3.05, 3.63) is 64.9 Å². The van der Waals surface area contributed by atoms with Crippen LogP contribution in [0, 0.1) is 0 Å². The van der Waals surface area contributed by atoms with Crippen LogP contribution >= 0.6 is 0 Å². The Labute approximate surface area is 165 Å². The van der Waals surface area contributed by atoms with Crippen molar-refractivity contribution in [3.8, 4) is 0 Å². The number of fused-ring (bicyclic) bond motifs is 4. The van der Waals surface area contributed by atoms with Crippen LogP contribution in [0.15, 0.2) is 47.4 Å². The summed E-state index contributed by atoms with van der Waals surface area (Å²) in [4.78, 5) is 6.06. The van der Waals surface area contributed by atoms with Crippen LogP contribution in [-0.2, 0) is 29.4 Å². The highest BCUT2D eigenvalue weighted by Crippen LogP contribution is 2.30. The van der Waals surface area contributed by atoms with E-state index in [-0.39, 0.29) is 0 Å². The fourth-order valence-electron chi connectivity index (χ4n) is 4.23. The predicted octanol–water partition coefficient (Wildman–Crippen LogP) is 3.92. The first-order valence-corrected chi connectivity index (χ1v) is 11.1. The number of anilines is 1. The molecule has 2 aliphatic rings. The molecule has 5 nitrogen and oxygen atoms in total. The molecule has 2 aromatic carbocycles. The highest BCUT2D eigenvalue weighted by atomic mass is 32.2. The van der Waals surface area contributed by atoms with Crippen molar-refractivity contribution in [2.24, 2.45) is 0 Å². The number of hydrogen-bond acceptors (Lipinski definition) is 3. The Hall–Kier alpha value is -2.57. The second-order valence-electron chi connectivity index (χ2n) is 7.74. The van der Waals surface area contributed by atoms with Crippen LogP contribution in [0.25, 0.3) is 17.0 Å². The minimum atomic E-state index is -3.63. The monoisotopic (exact) mass is 393 g/mol. The molecule has 0 bridgehead atoms. The van der Waals surface area contributed by atoms with Gasteiger partial charge in [-0.25, -0.2) is 8.42 Å². The molecule has 1 aliphatic carbocycles. The largest absolute Gasteiger partial charge is 0.357 e. The quantitative estimate of drug-likeness (QED) is 0.709. The molecular formula is C22H23N3O2S. The average Bonchev–Trinajstić information content (AvgIpc) is 3.04. The zero-order valence-electron chi connectivity index (χ0n) is 15.8. The second-order valence-corrected chi connectivity index (χ2v) is 9.42. The van der Waals surface area contributed by atoms with E-state index < -0.39 is 10.0 Å². The van der Waals surface area contributed by atoms with E-state index in [2.05, 4.69) is 27.7 Å². The number of sulfonamides is 1. The van der Waals surface area contributed by atoms with Crippen molar-refractivity contribution in [2.45, 2.75) is 30.7 Å². The van der Waals surface area contributed by atoms with Crippen molar-refractivity contribution in [1.82, 2.24) is 9.88 Å². The summed E-state index contributed by atoms with van der Waals surface area (Å²) < 4.78 is 28.7. The number of rotatable bonds is 3. The van der Waals surface area contributed by atoms with Gasteiger partial charge in [-0.1, -0.05) is 18.2 Å². The number of nitrogens with one attached hydrogen (secondary N) is 2. The second kappa shape index (κ2) is 6.50. The van der Waals surface area contributed by atoms with Gasteiger partial charge in [0.25, 0.3) is 10.0 Å². The molecule has 0 unspecified atom stereocenters. The molecule has 0 saturated carbocycles. The van der Waals surface area contributed by atoms with E-state index in [1.54, 1.807) is 12.1 Å². The maximum Gasteiger partial charge on any atom is 0.261 e. The van der Waals surface area contributed by atoms with Gasteiger partial charge in [0.05, 0.1) is 4.90 Å². The topological polar surface area (TPSA) is 65.2 Å². The van der Waals surface area contributed by atoms with Gasteiger partial charge in [0.2, 0.25) is 0 Å². The molecule has 0 fully saturated rings. The number of aryl methyl sites for hydroxylation is 1. The first kappa shape index (κ1) is 17.5. The number of nitrogens with zero attached hydrogens (tertiary/aromatic N) is 1. The first-order chi connectivity index (χ1) is 13.5. The lowest BCUT2D eigenvalue weighted by Gasteiger charge is -2.22.